The van der Waals surface area contributed by atoms with Crippen molar-refractivity contribution in [3.8, 4) is 0 Å². The van der Waals surface area contributed by atoms with Gasteiger partial charge in [-0.25, -0.2) is 0 Å². The number of esters is 1. The highest BCUT2D eigenvalue weighted by molar-refractivity contribution is 5.85. The number of Topliss-reactive ketones (excluding diaryl/α,β-unsaturated/α-hetero) is 1. The van der Waals surface area contributed by atoms with Gasteiger partial charge >= 0.3 is 5.97 Å². The van der Waals surface area contributed by atoms with Crippen LogP contribution in [0.4, 0.5) is 0 Å². The van der Waals surface area contributed by atoms with Crippen molar-refractivity contribution in [2.75, 3.05) is 6.54 Å². The fraction of sp³-hybridized carbons (Fsp3) is 0.600. The van der Waals surface area contributed by atoms with Crippen LogP contribution in [0.5, 0.6) is 0 Å². The molecule has 0 spiro atoms. The van der Waals surface area contributed by atoms with Crippen LogP contribution in [0.15, 0.2) is 30.3 Å². The summed E-state index contributed by atoms with van der Waals surface area (Å²) in [7, 11) is 0. The largest absolute Gasteiger partial charge is 0.457 e. The molecular formula is C20H31NO3. The maximum Gasteiger partial charge on any atom is 0.320 e. The Bertz CT molecular complexity index is 529. The zero-order valence-electron chi connectivity index (χ0n) is 15.5. The van der Waals surface area contributed by atoms with Gasteiger partial charge in [0.1, 0.15) is 11.9 Å². The Hall–Kier alpha value is -1.68. The van der Waals surface area contributed by atoms with Crippen molar-refractivity contribution in [3.63, 3.8) is 0 Å². The molecule has 1 aromatic rings. The van der Waals surface area contributed by atoms with Gasteiger partial charge in [-0.2, -0.15) is 0 Å². The summed E-state index contributed by atoms with van der Waals surface area (Å²) in [6.07, 6.45) is 0.420. The van der Waals surface area contributed by atoms with E-state index in [9.17, 15) is 9.59 Å². The van der Waals surface area contributed by atoms with Gasteiger partial charge in [-0.3, -0.25) is 9.59 Å². The van der Waals surface area contributed by atoms with Gasteiger partial charge in [0.25, 0.3) is 0 Å². The van der Waals surface area contributed by atoms with E-state index in [2.05, 4.69) is 27.7 Å². The molecule has 0 amide bonds. The van der Waals surface area contributed by atoms with Crippen molar-refractivity contribution >= 4 is 11.8 Å². The highest BCUT2D eigenvalue weighted by Crippen LogP contribution is 2.38. The second-order valence-corrected chi connectivity index (χ2v) is 7.15. The van der Waals surface area contributed by atoms with E-state index in [0.717, 1.165) is 5.56 Å². The van der Waals surface area contributed by atoms with Crippen molar-refractivity contribution in [3.05, 3.63) is 35.9 Å². The molecule has 0 bridgehead atoms. The minimum Gasteiger partial charge on any atom is -0.457 e. The van der Waals surface area contributed by atoms with E-state index in [4.69, 9.17) is 10.5 Å². The molecule has 0 aliphatic rings. The number of carbonyl (C=O) groups excluding carboxylic acids is 2. The molecule has 4 nitrogen and oxygen atoms in total. The lowest BCUT2D eigenvalue weighted by Crippen LogP contribution is -2.38. The lowest BCUT2D eigenvalue weighted by atomic mass is 9.66. The van der Waals surface area contributed by atoms with Crippen LogP contribution in [0.3, 0.4) is 0 Å². The maximum absolute atomic E-state index is 12.9. The van der Waals surface area contributed by atoms with Gasteiger partial charge in [0, 0.05) is 11.8 Å². The minimum absolute atomic E-state index is 0.160. The second-order valence-electron chi connectivity index (χ2n) is 7.15. The van der Waals surface area contributed by atoms with Crippen molar-refractivity contribution in [2.45, 2.75) is 53.6 Å². The first-order valence-corrected chi connectivity index (χ1v) is 8.71. The van der Waals surface area contributed by atoms with E-state index < -0.39 is 12.1 Å². The molecule has 1 atom stereocenters. The van der Waals surface area contributed by atoms with Crippen LogP contribution >= 0.6 is 0 Å². The Balaban J connectivity index is 2.88. The van der Waals surface area contributed by atoms with Crippen LogP contribution < -0.4 is 5.73 Å². The first-order chi connectivity index (χ1) is 11.2. The molecule has 0 heterocycles. The molecule has 0 aliphatic carbocycles. The van der Waals surface area contributed by atoms with Crippen molar-refractivity contribution in [2.24, 2.45) is 23.0 Å². The van der Waals surface area contributed by atoms with Crippen molar-refractivity contribution < 1.29 is 14.3 Å². The summed E-state index contributed by atoms with van der Waals surface area (Å²) in [4.78, 5) is 24.5. The first-order valence-electron chi connectivity index (χ1n) is 8.71. The summed E-state index contributed by atoms with van der Waals surface area (Å²) in [6.45, 7) is 10.2. The van der Waals surface area contributed by atoms with E-state index in [1.165, 1.54) is 0 Å². The Kier molecular flexibility index (Phi) is 7.61. The zero-order chi connectivity index (χ0) is 18.3. The SMILES string of the molecule is CC(C)C(C)(C(=O)CC[C@@H](OC(=O)CN)c1ccccc1)C(C)C. The summed E-state index contributed by atoms with van der Waals surface area (Å²) >= 11 is 0. The molecule has 0 radical (unpaired) electrons. The monoisotopic (exact) mass is 333 g/mol. The number of hydrogen-bond acceptors (Lipinski definition) is 4. The van der Waals surface area contributed by atoms with E-state index in [0.29, 0.717) is 12.8 Å². The van der Waals surface area contributed by atoms with Gasteiger partial charge in [-0.15, -0.1) is 0 Å². The number of rotatable bonds is 9. The maximum atomic E-state index is 12.9. The molecule has 0 fully saturated rings. The second kappa shape index (κ2) is 8.97. The third kappa shape index (κ3) is 4.91. The predicted octanol–water partition coefficient (Wildman–Crippen LogP) is 3.90. The molecular weight excluding hydrogens is 302 g/mol. The quantitative estimate of drug-likeness (QED) is 0.696. The fourth-order valence-corrected chi connectivity index (χ4v) is 3.01. The van der Waals surface area contributed by atoms with Crippen LogP contribution in [0.25, 0.3) is 0 Å². The third-order valence-corrected chi connectivity index (χ3v) is 5.24. The lowest BCUT2D eigenvalue weighted by molar-refractivity contribution is -0.149. The normalized spacial score (nSPS) is 13.2. The van der Waals surface area contributed by atoms with E-state index in [1.54, 1.807) is 0 Å². The molecule has 0 aliphatic heterocycles. The average molecular weight is 333 g/mol. The van der Waals surface area contributed by atoms with Gasteiger partial charge in [0.2, 0.25) is 0 Å². The standard InChI is InChI=1S/C20H31NO3/c1-14(2)20(5,15(3)4)18(22)12-11-17(24-19(23)13-21)16-9-7-6-8-10-16/h6-10,14-15,17H,11-13,21H2,1-5H3/t17-/m1/s1. The molecule has 1 aromatic carbocycles. The summed E-state index contributed by atoms with van der Waals surface area (Å²) in [6, 6.07) is 9.51. The van der Waals surface area contributed by atoms with E-state index in [-0.39, 0.29) is 29.6 Å². The molecule has 0 unspecified atom stereocenters. The van der Waals surface area contributed by atoms with Gasteiger partial charge in [-0.05, 0) is 23.8 Å². The van der Waals surface area contributed by atoms with Crippen molar-refractivity contribution in [1.82, 2.24) is 0 Å². The number of hydrogen-bond donors (Lipinski definition) is 1. The Labute approximate surface area is 145 Å². The molecule has 2 N–H and O–H groups in total. The molecule has 0 aromatic heterocycles. The number of ketones is 1. The van der Waals surface area contributed by atoms with Gasteiger partial charge in [0.15, 0.2) is 0 Å². The number of nitrogens with two attached hydrogens (primary N) is 1. The minimum atomic E-state index is -0.452. The summed E-state index contributed by atoms with van der Waals surface area (Å²) < 4.78 is 5.45. The number of carbonyl (C=O) groups is 2. The molecule has 0 saturated carbocycles. The molecule has 4 heteroatoms. The van der Waals surface area contributed by atoms with Gasteiger partial charge in [-0.1, -0.05) is 65.0 Å². The third-order valence-electron chi connectivity index (χ3n) is 5.24. The smallest absolute Gasteiger partial charge is 0.320 e. The molecule has 134 valence electrons. The summed E-state index contributed by atoms with van der Waals surface area (Å²) in [5.41, 5.74) is 5.88. The zero-order valence-corrected chi connectivity index (χ0v) is 15.5. The fourth-order valence-electron chi connectivity index (χ4n) is 3.01. The van der Waals surface area contributed by atoms with Gasteiger partial charge < -0.3 is 10.5 Å². The number of benzene rings is 1. The highest BCUT2D eigenvalue weighted by Gasteiger charge is 2.39. The molecule has 24 heavy (non-hydrogen) atoms. The highest BCUT2D eigenvalue weighted by atomic mass is 16.5. The predicted molar refractivity (Wildman–Crippen MR) is 96.4 cm³/mol. The van der Waals surface area contributed by atoms with Crippen LogP contribution in [-0.4, -0.2) is 18.3 Å². The summed E-state index contributed by atoms with van der Waals surface area (Å²) in [5, 5.41) is 0. The Morgan fingerprint density at radius 3 is 2.08 bits per heavy atom. The van der Waals surface area contributed by atoms with Crippen LogP contribution in [0, 0.1) is 17.3 Å². The summed E-state index contributed by atoms with van der Waals surface area (Å²) in [5.74, 6) is 0.280. The Morgan fingerprint density at radius 1 is 1.08 bits per heavy atom. The van der Waals surface area contributed by atoms with Crippen LogP contribution in [0.1, 0.15) is 59.1 Å². The van der Waals surface area contributed by atoms with Crippen LogP contribution in [0.2, 0.25) is 0 Å². The lowest BCUT2D eigenvalue weighted by Gasteiger charge is -2.36. The number of ether oxygens (including phenoxy) is 1. The van der Waals surface area contributed by atoms with E-state index >= 15 is 0 Å². The van der Waals surface area contributed by atoms with Gasteiger partial charge in [0.05, 0.1) is 6.54 Å². The Morgan fingerprint density at radius 2 is 1.62 bits per heavy atom. The topological polar surface area (TPSA) is 69.4 Å². The average Bonchev–Trinajstić information content (AvgIpc) is 2.57. The molecule has 1 rings (SSSR count). The van der Waals surface area contributed by atoms with Crippen molar-refractivity contribution in [1.29, 1.82) is 0 Å². The van der Waals surface area contributed by atoms with E-state index in [1.807, 2.05) is 37.3 Å². The molecule has 0 saturated heterocycles. The first kappa shape index (κ1) is 20.4. The van der Waals surface area contributed by atoms with Crippen LogP contribution in [-0.2, 0) is 14.3 Å².